The van der Waals surface area contributed by atoms with Crippen LogP contribution in [-0.2, 0) is 4.74 Å². The zero-order chi connectivity index (χ0) is 12.8. The molecule has 0 saturated heterocycles. The van der Waals surface area contributed by atoms with Crippen LogP contribution < -0.4 is 0 Å². The Balaban J connectivity index is 1.84. The molecule has 5 heteroatoms. The molecule has 0 aliphatic heterocycles. The average Bonchev–Trinajstić information content (AvgIpc) is 2.79. The quantitative estimate of drug-likeness (QED) is 0.473. The van der Waals surface area contributed by atoms with Crippen molar-refractivity contribution >= 4 is 22.9 Å². The molecule has 0 aliphatic carbocycles. The molecule has 0 aliphatic rings. The highest BCUT2D eigenvalue weighted by molar-refractivity contribution is 7.99. The minimum atomic E-state index is -0.537. The predicted molar refractivity (Wildman–Crippen MR) is 71.8 cm³/mol. The maximum Gasteiger partial charge on any atom is 0.256 e. The van der Waals surface area contributed by atoms with E-state index in [0.717, 1.165) is 11.1 Å². The molecule has 0 bridgehead atoms. The van der Waals surface area contributed by atoms with Gasteiger partial charge in [-0.15, -0.1) is 6.58 Å². The van der Waals surface area contributed by atoms with E-state index in [0.29, 0.717) is 24.2 Å². The van der Waals surface area contributed by atoms with E-state index in [1.165, 1.54) is 11.8 Å². The summed E-state index contributed by atoms with van der Waals surface area (Å²) in [6, 6.07) is 7.58. The molecular formula is C13H15NO3S. The first kappa shape index (κ1) is 13.1. The summed E-state index contributed by atoms with van der Waals surface area (Å²) in [5.74, 6) is 0.490. The van der Waals surface area contributed by atoms with Gasteiger partial charge in [0.1, 0.15) is 5.52 Å². The van der Waals surface area contributed by atoms with Crippen LogP contribution >= 0.6 is 11.8 Å². The highest BCUT2D eigenvalue weighted by atomic mass is 32.2. The summed E-state index contributed by atoms with van der Waals surface area (Å²) in [5.41, 5.74) is 1.59. The summed E-state index contributed by atoms with van der Waals surface area (Å²) in [4.78, 5) is 4.31. The molecule has 1 N–H and O–H groups in total. The Kier molecular flexibility index (Phi) is 4.81. The summed E-state index contributed by atoms with van der Waals surface area (Å²) in [7, 11) is 0. The molecule has 4 nitrogen and oxygen atoms in total. The van der Waals surface area contributed by atoms with Gasteiger partial charge in [-0.1, -0.05) is 30.0 Å². The molecular weight excluding hydrogens is 250 g/mol. The van der Waals surface area contributed by atoms with Crippen molar-refractivity contribution in [2.24, 2.45) is 0 Å². The van der Waals surface area contributed by atoms with Crippen molar-refractivity contribution in [2.75, 3.05) is 19.0 Å². The van der Waals surface area contributed by atoms with Gasteiger partial charge in [0.2, 0.25) is 0 Å². The third kappa shape index (κ3) is 3.60. The number of aliphatic hydroxyl groups excluding tert-OH is 1. The normalized spacial score (nSPS) is 12.7. The van der Waals surface area contributed by atoms with Crippen LogP contribution in [0.15, 0.2) is 46.6 Å². The summed E-state index contributed by atoms with van der Waals surface area (Å²) in [6.07, 6.45) is 1.12. The van der Waals surface area contributed by atoms with Crippen LogP contribution in [0.4, 0.5) is 0 Å². The number of thioether (sulfide) groups is 1. The van der Waals surface area contributed by atoms with E-state index in [1.807, 2.05) is 24.3 Å². The van der Waals surface area contributed by atoms with Crippen LogP contribution in [0.25, 0.3) is 11.1 Å². The predicted octanol–water partition coefficient (Wildman–Crippen LogP) is 2.48. The molecule has 2 rings (SSSR count). The standard InChI is InChI=1S/C13H15NO3S/c1-2-7-16-8-10(15)9-18-13-14-11-5-3-4-6-12(11)17-13/h2-6,10,15H,1,7-9H2. The third-order valence-electron chi connectivity index (χ3n) is 2.22. The van der Waals surface area contributed by atoms with Gasteiger partial charge in [0.05, 0.1) is 19.3 Å². The van der Waals surface area contributed by atoms with Gasteiger partial charge in [0, 0.05) is 5.75 Å². The minimum absolute atomic E-state index is 0.291. The number of ether oxygens (including phenoxy) is 1. The minimum Gasteiger partial charge on any atom is -0.431 e. The second-order valence-corrected chi connectivity index (χ2v) is 4.71. The lowest BCUT2D eigenvalue weighted by Crippen LogP contribution is -2.17. The SMILES string of the molecule is C=CCOCC(O)CSc1nc2ccccc2o1. The summed E-state index contributed by atoms with van der Waals surface area (Å²) in [6.45, 7) is 4.28. The molecule has 1 aromatic carbocycles. The smallest absolute Gasteiger partial charge is 0.256 e. The Bertz CT molecular complexity index is 479. The largest absolute Gasteiger partial charge is 0.431 e. The number of hydrogen-bond donors (Lipinski definition) is 1. The fourth-order valence-electron chi connectivity index (χ4n) is 1.42. The molecule has 0 fully saturated rings. The fraction of sp³-hybridized carbons (Fsp3) is 0.308. The molecule has 1 unspecified atom stereocenters. The van der Waals surface area contributed by atoms with Crippen molar-refractivity contribution in [3.63, 3.8) is 0 Å². The Morgan fingerprint density at radius 2 is 2.33 bits per heavy atom. The van der Waals surface area contributed by atoms with Crippen LogP contribution in [0.2, 0.25) is 0 Å². The third-order valence-corrected chi connectivity index (χ3v) is 3.19. The zero-order valence-corrected chi connectivity index (χ0v) is 10.7. The number of para-hydroxylation sites is 2. The highest BCUT2D eigenvalue weighted by Crippen LogP contribution is 2.23. The first-order valence-electron chi connectivity index (χ1n) is 5.64. The molecule has 1 atom stereocenters. The molecule has 1 heterocycles. The van der Waals surface area contributed by atoms with Crippen molar-refractivity contribution in [1.82, 2.24) is 4.98 Å². The van der Waals surface area contributed by atoms with Crippen LogP contribution in [-0.4, -0.2) is 35.2 Å². The van der Waals surface area contributed by atoms with Gasteiger partial charge in [-0.05, 0) is 12.1 Å². The Morgan fingerprint density at radius 3 is 3.11 bits per heavy atom. The fourth-order valence-corrected chi connectivity index (χ4v) is 2.16. The number of oxazole rings is 1. The summed E-state index contributed by atoms with van der Waals surface area (Å²) >= 11 is 1.38. The van der Waals surface area contributed by atoms with Gasteiger partial charge in [0.15, 0.2) is 5.58 Å². The van der Waals surface area contributed by atoms with Crippen LogP contribution in [0.3, 0.4) is 0 Å². The number of aliphatic hydroxyl groups is 1. The van der Waals surface area contributed by atoms with E-state index >= 15 is 0 Å². The Hall–Kier alpha value is -1.30. The van der Waals surface area contributed by atoms with E-state index in [-0.39, 0.29) is 0 Å². The summed E-state index contributed by atoms with van der Waals surface area (Å²) in [5, 5.41) is 10.2. The molecule has 18 heavy (non-hydrogen) atoms. The van der Waals surface area contributed by atoms with Gasteiger partial charge in [-0.25, -0.2) is 4.98 Å². The van der Waals surface area contributed by atoms with Crippen LogP contribution in [0.5, 0.6) is 0 Å². The summed E-state index contributed by atoms with van der Waals surface area (Å²) < 4.78 is 10.7. The number of rotatable bonds is 7. The molecule has 0 spiro atoms. The van der Waals surface area contributed by atoms with E-state index in [4.69, 9.17) is 9.15 Å². The number of hydrogen-bond acceptors (Lipinski definition) is 5. The van der Waals surface area contributed by atoms with Gasteiger partial charge in [-0.3, -0.25) is 0 Å². The second-order valence-electron chi connectivity index (χ2n) is 3.74. The maximum atomic E-state index is 9.66. The number of aromatic nitrogens is 1. The van der Waals surface area contributed by atoms with Crippen molar-refractivity contribution < 1.29 is 14.3 Å². The molecule has 0 saturated carbocycles. The first-order valence-corrected chi connectivity index (χ1v) is 6.63. The Labute approximate surface area is 110 Å². The van der Waals surface area contributed by atoms with E-state index in [1.54, 1.807) is 6.08 Å². The lowest BCUT2D eigenvalue weighted by atomic mass is 10.3. The molecule has 1 aromatic heterocycles. The second kappa shape index (κ2) is 6.58. The topological polar surface area (TPSA) is 55.5 Å². The Morgan fingerprint density at radius 1 is 1.50 bits per heavy atom. The van der Waals surface area contributed by atoms with E-state index < -0.39 is 6.10 Å². The van der Waals surface area contributed by atoms with Gasteiger partial charge in [-0.2, -0.15) is 0 Å². The number of benzene rings is 1. The lowest BCUT2D eigenvalue weighted by molar-refractivity contribution is 0.0624. The lowest BCUT2D eigenvalue weighted by Gasteiger charge is -2.07. The van der Waals surface area contributed by atoms with Crippen LogP contribution in [0, 0.1) is 0 Å². The molecule has 0 amide bonds. The maximum absolute atomic E-state index is 9.66. The van der Waals surface area contributed by atoms with Gasteiger partial charge >= 0.3 is 0 Å². The highest BCUT2D eigenvalue weighted by Gasteiger charge is 2.09. The van der Waals surface area contributed by atoms with E-state index in [2.05, 4.69) is 11.6 Å². The van der Waals surface area contributed by atoms with Crippen molar-refractivity contribution in [3.8, 4) is 0 Å². The average molecular weight is 265 g/mol. The van der Waals surface area contributed by atoms with Gasteiger partial charge < -0.3 is 14.3 Å². The monoisotopic (exact) mass is 265 g/mol. The van der Waals surface area contributed by atoms with Gasteiger partial charge in [0.25, 0.3) is 5.22 Å². The number of nitrogens with zero attached hydrogens (tertiary/aromatic N) is 1. The van der Waals surface area contributed by atoms with Crippen molar-refractivity contribution in [2.45, 2.75) is 11.3 Å². The molecule has 96 valence electrons. The molecule has 0 radical (unpaired) electrons. The van der Waals surface area contributed by atoms with Crippen molar-refractivity contribution in [3.05, 3.63) is 36.9 Å². The first-order chi connectivity index (χ1) is 8.79. The van der Waals surface area contributed by atoms with Crippen molar-refractivity contribution in [1.29, 1.82) is 0 Å². The zero-order valence-electron chi connectivity index (χ0n) is 9.91. The molecule has 2 aromatic rings. The van der Waals surface area contributed by atoms with Crippen LogP contribution in [0.1, 0.15) is 0 Å². The van der Waals surface area contributed by atoms with E-state index in [9.17, 15) is 5.11 Å². The number of fused-ring (bicyclic) bond motifs is 1.